The van der Waals surface area contributed by atoms with Crippen molar-refractivity contribution in [3.63, 3.8) is 0 Å². The maximum absolute atomic E-state index is 12.7. The molecule has 2 N–H and O–H groups in total. The summed E-state index contributed by atoms with van der Waals surface area (Å²) in [6.45, 7) is 3.62. The van der Waals surface area contributed by atoms with Crippen molar-refractivity contribution in [2.75, 3.05) is 19.2 Å². The third-order valence-corrected chi connectivity index (χ3v) is 4.88. The van der Waals surface area contributed by atoms with E-state index in [1.807, 2.05) is 13.8 Å². The van der Waals surface area contributed by atoms with Crippen molar-refractivity contribution in [2.45, 2.75) is 31.8 Å². The van der Waals surface area contributed by atoms with E-state index in [-0.39, 0.29) is 24.2 Å². The highest BCUT2D eigenvalue weighted by Crippen LogP contribution is 2.46. The van der Waals surface area contributed by atoms with E-state index in [4.69, 9.17) is 14.2 Å². The van der Waals surface area contributed by atoms with E-state index < -0.39 is 28.3 Å². The smallest absolute Gasteiger partial charge is 0.301 e. The van der Waals surface area contributed by atoms with Crippen LogP contribution in [0.1, 0.15) is 36.9 Å². The van der Waals surface area contributed by atoms with Gasteiger partial charge in [-0.2, -0.15) is 0 Å². The number of nitrogens with one attached hydrogen (secondary N) is 2. The number of nitro groups is 1. The standard InChI is InChI=1S/C17H18N4O7/c1-7(2)20-15-12(16(22)19-20)11(13(21(24)25)17(23)18-15)8-4-9(26-3)14-10(5-8)27-6-28-14/h4-5,7,11,13H,6H2,1-3H3,(H,18,23)(H,19,22)/t11-,13-/m1/s1. The first-order valence-electron chi connectivity index (χ1n) is 8.59. The number of carbonyl (C=O) groups is 1. The average Bonchev–Trinajstić information content (AvgIpc) is 3.24. The maximum atomic E-state index is 12.7. The molecule has 0 bridgehead atoms. The summed E-state index contributed by atoms with van der Waals surface area (Å²) >= 11 is 0. The molecule has 2 atom stereocenters. The number of H-pyrrole nitrogens is 1. The molecule has 0 aliphatic carbocycles. The van der Waals surface area contributed by atoms with Gasteiger partial charge in [0.25, 0.3) is 5.56 Å². The number of fused-ring (bicyclic) bond motifs is 2. The maximum Gasteiger partial charge on any atom is 0.301 e. The molecule has 1 amide bonds. The lowest BCUT2D eigenvalue weighted by Crippen LogP contribution is -2.45. The fourth-order valence-corrected chi connectivity index (χ4v) is 3.66. The summed E-state index contributed by atoms with van der Waals surface area (Å²) in [5, 5.41) is 16.9. The molecule has 2 aliphatic heterocycles. The number of aromatic nitrogens is 2. The Kier molecular flexibility index (Phi) is 4.02. The quantitative estimate of drug-likeness (QED) is 0.591. The van der Waals surface area contributed by atoms with Crippen molar-refractivity contribution in [2.24, 2.45) is 0 Å². The number of hydrogen-bond acceptors (Lipinski definition) is 7. The van der Waals surface area contributed by atoms with Crippen LogP contribution in [0.3, 0.4) is 0 Å². The predicted molar refractivity (Wildman–Crippen MR) is 95.8 cm³/mol. The molecule has 0 radical (unpaired) electrons. The molecule has 3 heterocycles. The van der Waals surface area contributed by atoms with Gasteiger partial charge in [-0.3, -0.25) is 29.5 Å². The van der Waals surface area contributed by atoms with E-state index in [9.17, 15) is 19.7 Å². The zero-order valence-corrected chi connectivity index (χ0v) is 15.3. The number of methoxy groups -OCH3 is 1. The van der Waals surface area contributed by atoms with Gasteiger partial charge in [-0.25, -0.2) is 0 Å². The lowest BCUT2D eigenvalue weighted by molar-refractivity contribution is -0.509. The molecule has 0 fully saturated rings. The first-order valence-corrected chi connectivity index (χ1v) is 8.59. The summed E-state index contributed by atoms with van der Waals surface area (Å²) < 4.78 is 17.5. The molecule has 0 saturated carbocycles. The van der Waals surface area contributed by atoms with Crippen LogP contribution in [0.5, 0.6) is 17.2 Å². The van der Waals surface area contributed by atoms with Crippen LogP contribution in [0.2, 0.25) is 0 Å². The molecular weight excluding hydrogens is 372 g/mol. The number of hydrogen-bond donors (Lipinski definition) is 2. The van der Waals surface area contributed by atoms with Crippen molar-refractivity contribution in [1.29, 1.82) is 0 Å². The molecule has 148 valence electrons. The third-order valence-electron chi connectivity index (χ3n) is 4.88. The zero-order chi connectivity index (χ0) is 20.2. The molecule has 1 aromatic carbocycles. The number of aromatic amines is 1. The van der Waals surface area contributed by atoms with Crippen LogP contribution in [0.4, 0.5) is 5.82 Å². The van der Waals surface area contributed by atoms with Crippen LogP contribution in [-0.2, 0) is 4.79 Å². The van der Waals surface area contributed by atoms with Gasteiger partial charge < -0.3 is 19.5 Å². The topological polar surface area (TPSA) is 138 Å². The number of anilines is 1. The molecule has 11 nitrogen and oxygen atoms in total. The van der Waals surface area contributed by atoms with Crippen molar-refractivity contribution in [3.8, 4) is 17.2 Å². The minimum absolute atomic E-state index is 0.0193. The van der Waals surface area contributed by atoms with Crippen molar-refractivity contribution >= 4 is 11.7 Å². The van der Waals surface area contributed by atoms with E-state index in [1.54, 1.807) is 6.07 Å². The van der Waals surface area contributed by atoms with Crippen LogP contribution < -0.4 is 25.1 Å². The summed E-state index contributed by atoms with van der Waals surface area (Å²) in [7, 11) is 1.42. The second kappa shape index (κ2) is 6.29. The average molecular weight is 390 g/mol. The summed E-state index contributed by atoms with van der Waals surface area (Å²) in [4.78, 5) is 36.3. The van der Waals surface area contributed by atoms with Gasteiger partial charge in [0, 0.05) is 11.0 Å². The van der Waals surface area contributed by atoms with Crippen molar-refractivity contribution in [1.82, 2.24) is 9.78 Å². The van der Waals surface area contributed by atoms with Gasteiger partial charge >= 0.3 is 11.9 Å². The SMILES string of the molecule is COc1cc([C@@H]2c3c(n(C(C)C)[nH]c3=O)NC(=O)[C@@H]2[N+](=O)[O-])cc2c1OCO2. The van der Waals surface area contributed by atoms with E-state index in [0.717, 1.165) is 0 Å². The minimum atomic E-state index is -1.68. The molecule has 1 aromatic heterocycles. The Morgan fingerprint density at radius 1 is 1.32 bits per heavy atom. The number of nitrogens with zero attached hydrogens (tertiary/aromatic N) is 2. The van der Waals surface area contributed by atoms with Crippen LogP contribution in [-0.4, -0.2) is 40.6 Å². The molecule has 4 rings (SSSR count). The number of benzene rings is 1. The largest absolute Gasteiger partial charge is 0.493 e. The Balaban J connectivity index is 1.98. The summed E-state index contributed by atoms with van der Waals surface area (Å²) in [5.41, 5.74) is -0.0287. The van der Waals surface area contributed by atoms with E-state index >= 15 is 0 Å². The monoisotopic (exact) mass is 390 g/mol. The lowest BCUT2D eigenvalue weighted by Gasteiger charge is -2.27. The highest BCUT2D eigenvalue weighted by atomic mass is 16.7. The molecule has 2 aliphatic rings. The van der Waals surface area contributed by atoms with E-state index in [1.165, 1.54) is 17.9 Å². The van der Waals surface area contributed by atoms with Crippen LogP contribution in [0.25, 0.3) is 0 Å². The van der Waals surface area contributed by atoms with Gasteiger partial charge in [-0.1, -0.05) is 0 Å². The van der Waals surface area contributed by atoms with Crippen LogP contribution in [0.15, 0.2) is 16.9 Å². The highest BCUT2D eigenvalue weighted by molar-refractivity contribution is 5.98. The fraction of sp³-hybridized carbons (Fsp3) is 0.412. The van der Waals surface area contributed by atoms with E-state index in [0.29, 0.717) is 22.8 Å². The Bertz CT molecular complexity index is 1040. The first-order chi connectivity index (χ1) is 13.3. The number of carbonyl (C=O) groups excluding carboxylic acids is 1. The predicted octanol–water partition coefficient (Wildman–Crippen LogP) is 1.22. The molecule has 2 aromatic rings. The van der Waals surface area contributed by atoms with Crippen LogP contribution in [0, 0.1) is 10.1 Å². The van der Waals surface area contributed by atoms with Gasteiger partial charge in [-0.05, 0) is 31.5 Å². The summed E-state index contributed by atoms with van der Waals surface area (Å²) in [6.07, 6.45) is 0. The zero-order valence-electron chi connectivity index (χ0n) is 15.3. The van der Waals surface area contributed by atoms with E-state index in [2.05, 4.69) is 10.4 Å². The Morgan fingerprint density at radius 3 is 2.71 bits per heavy atom. The Morgan fingerprint density at radius 2 is 2.07 bits per heavy atom. The summed E-state index contributed by atoms with van der Waals surface area (Å²) in [6, 6.07) is 1.22. The minimum Gasteiger partial charge on any atom is -0.493 e. The third kappa shape index (κ3) is 2.50. The van der Waals surface area contributed by atoms with Gasteiger partial charge in [0.15, 0.2) is 11.5 Å². The molecule has 0 spiro atoms. The second-order valence-electron chi connectivity index (χ2n) is 6.82. The Labute approximate surface area is 158 Å². The number of ether oxygens (including phenoxy) is 3. The molecule has 11 heteroatoms. The van der Waals surface area contributed by atoms with Gasteiger partial charge in [0.2, 0.25) is 12.5 Å². The fourth-order valence-electron chi connectivity index (χ4n) is 3.66. The lowest BCUT2D eigenvalue weighted by atomic mass is 9.83. The number of rotatable bonds is 4. The number of amides is 1. The second-order valence-corrected chi connectivity index (χ2v) is 6.82. The van der Waals surface area contributed by atoms with Gasteiger partial charge in [-0.15, -0.1) is 0 Å². The highest BCUT2D eigenvalue weighted by Gasteiger charge is 2.49. The van der Waals surface area contributed by atoms with Crippen molar-refractivity contribution < 1.29 is 23.9 Å². The van der Waals surface area contributed by atoms with Gasteiger partial charge in [0.05, 0.1) is 18.6 Å². The van der Waals surface area contributed by atoms with Crippen molar-refractivity contribution in [3.05, 3.63) is 43.7 Å². The summed E-state index contributed by atoms with van der Waals surface area (Å²) in [5.74, 6) is -0.677. The Hall–Kier alpha value is -3.50. The molecular formula is C17H18N4O7. The molecule has 0 unspecified atom stereocenters. The molecule has 0 saturated heterocycles. The normalized spacial score (nSPS) is 20.1. The molecule has 28 heavy (non-hydrogen) atoms. The first kappa shape index (κ1) is 17.9. The van der Waals surface area contributed by atoms with Gasteiger partial charge in [0.1, 0.15) is 5.82 Å². The van der Waals surface area contributed by atoms with Crippen LogP contribution >= 0.6 is 0 Å².